The average Bonchev–Trinajstić information content (AvgIpc) is 2.83. The number of hydrogen-bond donors (Lipinski definition) is 1. The van der Waals surface area contributed by atoms with E-state index in [0.717, 1.165) is 70.8 Å². The van der Waals surface area contributed by atoms with Gasteiger partial charge < -0.3 is 14.4 Å². The van der Waals surface area contributed by atoms with E-state index in [9.17, 15) is 4.57 Å². The smallest absolute Gasteiger partial charge is 0.307 e. The lowest BCUT2D eigenvalue weighted by atomic mass is 10.1. The molecule has 0 spiro atoms. The first-order chi connectivity index (χ1) is 11.6. The SMILES string of the molecule is CCCCNC1(P(=O)(OCCCC)OCCCC)CCCCCC1. The predicted molar refractivity (Wildman–Crippen MR) is 103 cm³/mol. The summed E-state index contributed by atoms with van der Waals surface area (Å²) in [5.41, 5.74) is 0. The van der Waals surface area contributed by atoms with Gasteiger partial charge in [-0.1, -0.05) is 65.7 Å². The summed E-state index contributed by atoms with van der Waals surface area (Å²) in [5.74, 6) is 0. The summed E-state index contributed by atoms with van der Waals surface area (Å²) in [4.78, 5) is 0. The first-order valence-corrected chi connectivity index (χ1v) is 11.8. The zero-order chi connectivity index (χ0) is 17.7. The van der Waals surface area contributed by atoms with Crippen molar-refractivity contribution in [3.63, 3.8) is 0 Å². The topological polar surface area (TPSA) is 47.6 Å². The Morgan fingerprint density at radius 1 is 0.833 bits per heavy atom. The van der Waals surface area contributed by atoms with Crippen molar-refractivity contribution in [2.75, 3.05) is 19.8 Å². The van der Waals surface area contributed by atoms with Gasteiger partial charge in [-0.3, -0.25) is 4.57 Å². The third-order valence-electron chi connectivity index (χ3n) is 4.96. The van der Waals surface area contributed by atoms with E-state index in [1.807, 2.05) is 0 Å². The minimum absolute atomic E-state index is 0.472. The van der Waals surface area contributed by atoms with Gasteiger partial charge in [0.1, 0.15) is 5.28 Å². The molecule has 0 heterocycles. The minimum Gasteiger partial charge on any atom is -0.307 e. The highest BCUT2D eigenvalue weighted by atomic mass is 31.2. The molecule has 0 aromatic rings. The fraction of sp³-hybridized carbons (Fsp3) is 1.00. The molecule has 1 N–H and O–H groups in total. The molecule has 0 bridgehead atoms. The summed E-state index contributed by atoms with van der Waals surface area (Å²) >= 11 is 0. The van der Waals surface area contributed by atoms with E-state index < -0.39 is 12.9 Å². The Balaban J connectivity index is 2.94. The van der Waals surface area contributed by atoms with Gasteiger partial charge in [-0.15, -0.1) is 0 Å². The van der Waals surface area contributed by atoms with Crippen molar-refractivity contribution in [1.82, 2.24) is 5.32 Å². The summed E-state index contributed by atoms with van der Waals surface area (Å²) in [6.07, 6.45) is 12.7. The summed E-state index contributed by atoms with van der Waals surface area (Å²) in [6, 6.07) is 0. The Kier molecular flexibility index (Phi) is 11.5. The second kappa shape index (κ2) is 12.5. The maximum atomic E-state index is 13.9. The predicted octanol–water partition coefficient (Wildman–Crippen LogP) is 6.25. The number of rotatable bonds is 13. The van der Waals surface area contributed by atoms with Crippen LogP contribution in [0.1, 0.15) is 97.8 Å². The van der Waals surface area contributed by atoms with Crippen molar-refractivity contribution in [2.24, 2.45) is 0 Å². The van der Waals surface area contributed by atoms with Gasteiger partial charge >= 0.3 is 7.60 Å². The second-order valence-electron chi connectivity index (χ2n) is 7.10. The first-order valence-electron chi connectivity index (χ1n) is 10.3. The summed E-state index contributed by atoms with van der Waals surface area (Å²) in [6.45, 7) is 8.43. The van der Waals surface area contributed by atoms with Crippen LogP contribution in [-0.4, -0.2) is 25.0 Å². The third kappa shape index (κ3) is 6.78. The van der Waals surface area contributed by atoms with Crippen LogP contribution < -0.4 is 5.32 Å². The Bertz CT molecular complexity index is 341. The molecule has 144 valence electrons. The molecule has 0 aromatic heterocycles. The van der Waals surface area contributed by atoms with Crippen molar-refractivity contribution in [1.29, 1.82) is 0 Å². The van der Waals surface area contributed by atoms with E-state index in [1.54, 1.807) is 0 Å². The Morgan fingerprint density at radius 3 is 1.79 bits per heavy atom. The molecule has 0 amide bonds. The maximum absolute atomic E-state index is 13.9. The van der Waals surface area contributed by atoms with Gasteiger partial charge in [-0.05, 0) is 38.6 Å². The van der Waals surface area contributed by atoms with Crippen molar-refractivity contribution < 1.29 is 13.6 Å². The lowest BCUT2D eigenvalue weighted by Crippen LogP contribution is -2.46. The second-order valence-corrected chi connectivity index (χ2v) is 9.46. The molecule has 0 radical (unpaired) electrons. The zero-order valence-corrected chi connectivity index (χ0v) is 17.2. The van der Waals surface area contributed by atoms with E-state index >= 15 is 0 Å². The Labute approximate surface area is 150 Å². The summed E-state index contributed by atoms with van der Waals surface area (Å²) in [5, 5.41) is 3.19. The van der Waals surface area contributed by atoms with Crippen LogP contribution in [0.2, 0.25) is 0 Å². The molecule has 0 aliphatic heterocycles. The molecule has 0 unspecified atom stereocenters. The molecule has 4 nitrogen and oxygen atoms in total. The van der Waals surface area contributed by atoms with Gasteiger partial charge in [0.15, 0.2) is 0 Å². The molecule has 5 heteroatoms. The highest BCUT2D eigenvalue weighted by Crippen LogP contribution is 2.63. The molecular weight excluding hydrogens is 321 g/mol. The fourth-order valence-corrected chi connectivity index (χ4v) is 5.78. The zero-order valence-electron chi connectivity index (χ0n) is 16.3. The third-order valence-corrected chi connectivity index (χ3v) is 7.66. The van der Waals surface area contributed by atoms with Crippen LogP contribution in [0.3, 0.4) is 0 Å². The Hall–Kier alpha value is 0.110. The van der Waals surface area contributed by atoms with E-state index in [1.165, 1.54) is 12.8 Å². The quantitative estimate of drug-likeness (QED) is 0.239. The first kappa shape index (κ1) is 22.2. The van der Waals surface area contributed by atoms with Gasteiger partial charge in [0.25, 0.3) is 0 Å². The highest BCUT2D eigenvalue weighted by Gasteiger charge is 2.50. The van der Waals surface area contributed by atoms with Gasteiger partial charge in [0.05, 0.1) is 13.2 Å². The highest BCUT2D eigenvalue weighted by molar-refractivity contribution is 7.55. The molecule has 1 rings (SSSR count). The molecule has 0 aromatic carbocycles. The summed E-state index contributed by atoms with van der Waals surface area (Å²) < 4.78 is 25.9. The van der Waals surface area contributed by atoms with Gasteiger partial charge in [0, 0.05) is 0 Å². The van der Waals surface area contributed by atoms with Crippen LogP contribution in [-0.2, 0) is 13.6 Å². The number of nitrogens with one attached hydrogen (secondary N) is 1. The lowest BCUT2D eigenvalue weighted by molar-refractivity contribution is 0.162. The van der Waals surface area contributed by atoms with Gasteiger partial charge in [0.2, 0.25) is 0 Å². The standard InChI is InChI=1S/C19H40NO3P/c1-4-7-16-20-19(14-12-10-11-13-15-19)24(21,22-17-8-5-2)23-18-9-6-3/h20H,4-18H2,1-3H3. The molecule has 1 saturated carbocycles. The number of unbranched alkanes of at least 4 members (excludes halogenated alkanes) is 3. The maximum Gasteiger partial charge on any atom is 0.350 e. The van der Waals surface area contributed by atoms with Crippen LogP contribution in [0.25, 0.3) is 0 Å². The van der Waals surface area contributed by atoms with E-state index in [0.29, 0.717) is 13.2 Å². The lowest BCUT2D eigenvalue weighted by Gasteiger charge is -2.39. The summed E-state index contributed by atoms with van der Waals surface area (Å²) in [7, 11) is -3.16. The largest absolute Gasteiger partial charge is 0.350 e. The van der Waals surface area contributed by atoms with E-state index in [-0.39, 0.29) is 0 Å². The van der Waals surface area contributed by atoms with Crippen molar-refractivity contribution in [2.45, 2.75) is 103 Å². The molecular formula is C19H40NO3P. The van der Waals surface area contributed by atoms with E-state index in [4.69, 9.17) is 9.05 Å². The van der Waals surface area contributed by atoms with Crippen LogP contribution in [0.15, 0.2) is 0 Å². The molecule has 1 aliphatic rings. The molecule has 0 saturated heterocycles. The van der Waals surface area contributed by atoms with Crippen LogP contribution in [0, 0.1) is 0 Å². The minimum atomic E-state index is -3.16. The molecule has 24 heavy (non-hydrogen) atoms. The normalized spacial score (nSPS) is 18.5. The average molecular weight is 362 g/mol. The van der Waals surface area contributed by atoms with Crippen molar-refractivity contribution in [3.05, 3.63) is 0 Å². The van der Waals surface area contributed by atoms with Crippen molar-refractivity contribution in [3.8, 4) is 0 Å². The monoisotopic (exact) mass is 361 g/mol. The molecule has 1 aliphatic carbocycles. The van der Waals surface area contributed by atoms with Gasteiger partial charge in [-0.25, -0.2) is 0 Å². The van der Waals surface area contributed by atoms with Crippen LogP contribution in [0.5, 0.6) is 0 Å². The van der Waals surface area contributed by atoms with E-state index in [2.05, 4.69) is 26.1 Å². The molecule has 0 atom stereocenters. The molecule has 1 fully saturated rings. The number of hydrogen-bond acceptors (Lipinski definition) is 4. The van der Waals surface area contributed by atoms with Crippen molar-refractivity contribution >= 4 is 7.60 Å². The Morgan fingerprint density at radius 2 is 1.33 bits per heavy atom. The van der Waals surface area contributed by atoms with Gasteiger partial charge in [-0.2, -0.15) is 0 Å². The fourth-order valence-electron chi connectivity index (χ4n) is 3.30. The van der Waals surface area contributed by atoms with Crippen LogP contribution >= 0.6 is 7.60 Å². The van der Waals surface area contributed by atoms with Crippen LogP contribution in [0.4, 0.5) is 0 Å².